The zero-order chi connectivity index (χ0) is 16.1. The summed E-state index contributed by atoms with van der Waals surface area (Å²) < 4.78 is 5.22. The molecule has 1 unspecified atom stereocenters. The maximum atomic E-state index is 12.3. The maximum Gasteiger partial charge on any atom is 0.282 e. The number of ether oxygens (including phenoxy) is 1. The number of methoxy groups -OCH3 is 1. The minimum Gasteiger partial charge on any atom is -0.495 e. The number of rotatable bonds is 7. The lowest BCUT2D eigenvalue weighted by Crippen LogP contribution is -3.15. The Labute approximate surface area is 130 Å². The molecule has 0 aromatic heterocycles. The third kappa shape index (κ3) is 4.46. The largest absolute Gasteiger partial charge is 0.495 e. The summed E-state index contributed by atoms with van der Waals surface area (Å²) in [4.78, 5) is 25.0. The molecule has 0 radical (unpaired) electrons. The van der Waals surface area contributed by atoms with E-state index in [4.69, 9.17) is 4.74 Å². The Morgan fingerprint density at radius 1 is 1.36 bits per heavy atom. The van der Waals surface area contributed by atoms with Crippen LogP contribution in [0.4, 0.5) is 5.69 Å². The highest BCUT2D eigenvalue weighted by Gasteiger charge is 2.28. The maximum absolute atomic E-state index is 12.3. The van der Waals surface area contributed by atoms with E-state index < -0.39 is 0 Å². The summed E-state index contributed by atoms with van der Waals surface area (Å²) in [6.07, 6.45) is 2.13. The molecule has 0 spiro atoms. The van der Waals surface area contributed by atoms with Crippen molar-refractivity contribution in [2.75, 3.05) is 26.0 Å². The van der Waals surface area contributed by atoms with Gasteiger partial charge < -0.3 is 20.3 Å². The topological polar surface area (TPSA) is 71.9 Å². The fourth-order valence-corrected chi connectivity index (χ4v) is 2.13. The van der Waals surface area contributed by atoms with Gasteiger partial charge in [-0.2, -0.15) is 0 Å². The molecule has 0 bridgehead atoms. The smallest absolute Gasteiger partial charge is 0.282 e. The Morgan fingerprint density at radius 3 is 2.68 bits per heavy atom. The number of benzene rings is 1. The van der Waals surface area contributed by atoms with E-state index in [1.54, 1.807) is 19.2 Å². The first-order valence-electron chi connectivity index (χ1n) is 7.56. The first-order chi connectivity index (χ1) is 10.5. The molecule has 0 aliphatic heterocycles. The van der Waals surface area contributed by atoms with E-state index in [2.05, 4.69) is 10.6 Å². The first-order valence-corrected chi connectivity index (χ1v) is 7.56. The third-order valence-electron chi connectivity index (χ3n) is 3.88. The van der Waals surface area contributed by atoms with Crippen molar-refractivity contribution < 1.29 is 19.2 Å². The normalized spacial score (nSPS) is 16.5. The highest BCUT2D eigenvalue weighted by Crippen LogP contribution is 2.22. The Bertz CT molecular complexity index is 543. The van der Waals surface area contributed by atoms with Crippen LogP contribution in [-0.4, -0.2) is 44.6 Å². The van der Waals surface area contributed by atoms with Gasteiger partial charge in [0.2, 0.25) is 0 Å². The van der Waals surface area contributed by atoms with E-state index in [1.165, 1.54) is 0 Å². The quantitative estimate of drug-likeness (QED) is 0.654. The predicted octanol–water partition coefficient (Wildman–Crippen LogP) is -0.184. The highest BCUT2D eigenvalue weighted by molar-refractivity contribution is 5.95. The van der Waals surface area contributed by atoms with Crippen LogP contribution in [0, 0.1) is 0 Å². The van der Waals surface area contributed by atoms with E-state index in [0.717, 1.165) is 17.7 Å². The average molecular weight is 306 g/mol. The van der Waals surface area contributed by atoms with Crippen LogP contribution in [0.25, 0.3) is 0 Å². The van der Waals surface area contributed by atoms with Crippen LogP contribution in [-0.2, 0) is 9.59 Å². The molecule has 1 aliphatic rings. The van der Waals surface area contributed by atoms with Crippen molar-refractivity contribution in [2.45, 2.75) is 31.8 Å². The van der Waals surface area contributed by atoms with Gasteiger partial charge in [0.25, 0.3) is 11.8 Å². The van der Waals surface area contributed by atoms with Crippen LogP contribution in [0.1, 0.15) is 19.8 Å². The summed E-state index contributed by atoms with van der Waals surface area (Å²) in [7, 11) is 3.41. The van der Waals surface area contributed by atoms with Crippen LogP contribution >= 0.6 is 0 Å². The summed E-state index contributed by atoms with van der Waals surface area (Å²) >= 11 is 0. The van der Waals surface area contributed by atoms with Gasteiger partial charge in [-0.1, -0.05) is 12.1 Å². The Morgan fingerprint density at radius 2 is 2.05 bits per heavy atom. The number of nitrogens with one attached hydrogen (secondary N) is 3. The molecule has 1 aromatic rings. The van der Waals surface area contributed by atoms with Gasteiger partial charge in [-0.3, -0.25) is 9.59 Å². The molecule has 0 saturated heterocycles. The van der Waals surface area contributed by atoms with Crippen LogP contribution in [0.3, 0.4) is 0 Å². The van der Waals surface area contributed by atoms with Crippen molar-refractivity contribution in [3.8, 4) is 5.75 Å². The fourth-order valence-electron chi connectivity index (χ4n) is 2.13. The molecule has 6 heteroatoms. The van der Waals surface area contributed by atoms with E-state index in [9.17, 15) is 9.59 Å². The van der Waals surface area contributed by atoms with E-state index in [0.29, 0.717) is 17.5 Å². The molecule has 22 heavy (non-hydrogen) atoms. The van der Waals surface area contributed by atoms with E-state index in [1.807, 2.05) is 26.1 Å². The van der Waals surface area contributed by atoms with Gasteiger partial charge in [0.1, 0.15) is 5.75 Å². The molecule has 1 aliphatic carbocycles. The number of hydrogen-bond donors (Lipinski definition) is 3. The average Bonchev–Trinajstić information content (AvgIpc) is 3.30. The molecule has 3 N–H and O–H groups in total. The second-order valence-corrected chi connectivity index (χ2v) is 5.78. The van der Waals surface area contributed by atoms with Crippen molar-refractivity contribution in [3.63, 3.8) is 0 Å². The van der Waals surface area contributed by atoms with Crippen molar-refractivity contribution in [1.29, 1.82) is 0 Å². The van der Waals surface area contributed by atoms with Crippen molar-refractivity contribution in [3.05, 3.63) is 24.3 Å². The van der Waals surface area contributed by atoms with Gasteiger partial charge in [-0.15, -0.1) is 0 Å². The number of para-hydroxylation sites is 2. The van der Waals surface area contributed by atoms with Gasteiger partial charge in [-0.25, -0.2) is 0 Å². The van der Waals surface area contributed by atoms with Gasteiger partial charge >= 0.3 is 0 Å². The molecule has 1 aromatic carbocycles. The lowest BCUT2D eigenvalue weighted by molar-refractivity contribution is -0.885. The van der Waals surface area contributed by atoms with E-state index >= 15 is 0 Å². The van der Waals surface area contributed by atoms with Crippen LogP contribution in [0.15, 0.2) is 24.3 Å². The lowest BCUT2D eigenvalue weighted by atomic mass is 10.2. The number of amides is 2. The zero-order valence-electron chi connectivity index (χ0n) is 13.3. The van der Waals surface area contributed by atoms with Crippen LogP contribution in [0.2, 0.25) is 0 Å². The van der Waals surface area contributed by atoms with Gasteiger partial charge in [0.15, 0.2) is 12.6 Å². The molecule has 2 rings (SSSR count). The summed E-state index contributed by atoms with van der Waals surface area (Å²) in [5.74, 6) is 0.477. The summed E-state index contributed by atoms with van der Waals surface area (Å²) in [5.41, 5.74) is 0.636. The number of hydrogen-bond acceptors (Lipinski definition) is 3. The Kier molecular flexibility index (Phi) is 5.38. The number of anilines is 1. The highest BCUT2D eigenvalue weighted by atomic mass is 16.5. The van der Waals surface area contributed by atoms with Crippen molar-refractivity contribution in [2.24, 2.45) is 0 Å². The Balaban J connectivity index is 1.88. The van der Waals surface area contributed by atoms with Gasteiger partial charge in [-0.05, 0) is 31.9 Å². The van der Waals surface area contributed by atoms with Crippen LogP contribution in [0.5, 0.6) is 5.75 Å². The molecule has 1 fully saturated rings. The van der Waals surface area contributed by atoms with Crippen molar-refractivity contribution >= 4 is 17.5 Å². The summed E-state index contributed by atoms with van der Waals surface area (Å²) in [5, 5.41) is 5.79. The Hall–Kier alpha value is -2.08. The minimum atomic E-state index is -0.338. The molecule has 120 valence electrons. The SMILES string of the molecule is COc1ccccc1NC(=O)[C@H](C)[NH+](C)CC(=O)NC1CC1. The summed E-state index contributed by atoms with van der Waals surface area (Å²) in [6, 6.07) is 7.27. The second-order valence-electron chi connectivity index (χ2n) is 5.78. The lowest BCUT2D eigenvalue weighted by Gasteiger charge is -2.21. The zero-order valence-corrected chi connectivity index (χ0v) is 13.3. The van der Waals surface area contributed by atoms with Crippen LogP contribution < -0.4 is 20.3 Å². The van der Waals surface area contributed by atoms with Gasteiger partial charge in [0, 0.05) is 6.04 Å². The van der Waals surface area contributed by atoms with Gasteiger partial charge in [0.05, 0.1) is 19.8 Å². The molecule has 1 saturated carbocycles. The molecule has 2 amide bonds. The number of carbonyl (C=O) groups is 2. The first kappa shape index (κ1) is 16.3. The molecule has 6 nitrogen and oxygen atoms in total. The minimum absolute atomic E-state index is 0.00283. The number of likely N-dealkylation sites (N-methyl/N-ethyl adjacent to an activating group) is 1. The fraction of sp³-hybridized carbons (Fsp3) is 0.500. The second kappa shape index (κ2) is 7.26. The molecule has 2 atom stereocenters. The summed E-state index contributed by atoms with van der Waals surface area (Å²) in [6.45, 7) is 2.10. The van der Waals surface area contributed by atoms with Crippen molar-refractivity contribution in [1.82, 2.24) is 5.32 Å². The predicted molar refractivity (Wildman–Crippen MR) is 84.0 cm³/mol. The third-order valence-corrected chi connectivity index (χ3v) is 3.88. The monoisotopic (exact) mass is 306 g/mol. The molecular weight excluding hydrogens is 282 g/mol. The number of quaternary nitrogens is 1. The number of carbonyl (C=O) groups excluding carboxylic acids is 2. The van der Waals surface area contributed by atoms with E-state index in [-0.39, 0.29) is 24.4 Å². The molecular formula is C16H24N3O3+. The molecule has 0 heterocycles. The standard InChI is InChI=1S/C16H23N3O3/c1-11(19(2)10-15(20)17-12-8-9-12)16(21)18-13-6-4-5-7-14(13)22-3/h4-7,11-12H,8-10H2,1-3H3,(H,17,20)(H,18,21)/p+1/t11-/m0/s1.